The van der Waals surface area contributed by atoms with E-state index in [1.165, 1.54) is 0 Å². The molecule has 0 radical (unpaired) electrons. The van der Waals surface area contributed by atoms with Gasteiger partial charge in [-0.3, -0.25) is 9.89 Å². The fourth-order valence-corrected chi connectivity index (χ4v) is 4.55. The van der Waals surface area contributed by atoms with Gasteiger partial charge in [0.1, 0.15) is 5.82 Å². The zero-order valence-electron chi connectivity index (χ0n) is 20.4. The molecule has 3 N–H and O–H groups in total. The number of nitrogens with one attached hydrogen (secondary N) is 2. The summed E-state index contributed by atoms with van der Waals surface area (Å²) in [5, 5.41) is 25.2. The highest BCUT2D eigenvalue weighted by molar-refractivity contribution is 5.79. The number of aromatic nitrogens is 6. The largest absolute Gasteiger partial charge is 0.390 e. The second kappa shape index (κ2) is 10.3. The number of H-pyrrole nitrogens is 1. The van der Waals surface area contributed by atoms with Crippen LogP contribution in [0.2, 0.25) is 0 Å². The van der Waals surface area contributed by atoms with E-state index in [2.05, 4.69) is 36.6 Å². The van der Waals surface area contributed by atoms with Crippen LogP contribution in [-0.2, 0) is 17.8 Å². The maximum Gasteiger partial charge on any atom is 0.226 e. The molecule has 4 aromatic heterocycles. The second-order valence-electron chi connectivity index (χ2n) is 9.31. The van der Waals surface area contributed by atoms with Gasteiger partial charge in [0, 0.05) is 56.0 Å². The number of rotatable bonds is 7. The molecule has 10 nitrogen and oxygen atoms in total. The molecule has 1 aliphatic heterocycles. The highest BCUT2D eigenvalue weighted by atomic mass is 16.3. The van der Waals surface area contributed by atoms with E-state index in [-0.39, 0.29) is 5.91 Å². The number of aliphatic hydroxyl groups is 1. The third-order valence-electron chi connectivity index (χ3n) is 6.39. The van der Waals surface area contributed by atoms with Crippen molar-refractivity contribution in [1.82, 2.24) is 35.3 Å². The summed E-state index contributed by atoms with van der Waals surface area (Å²) in [6, 6.07) is 11.7. The maximum absolute atomic E-state index is 12.8. The van der Waals surface area contributed by atoms with Gasteiger partial charge in [-0.2, -0.15) is 10.2 Å². The number of β-amino-alcohol motifs (C(OH)–C–C–N with tert-alkyl or cyclic N) is 1. The number of anilines is 1. The first-order valence-corrected chi connectivity index (χ1v) is 12.1. The molecule has 0 saturated carbocycles. The number of carbonyl (C=O) groups excluding carboxylic acids is 1. The van der Waals surface area contributed by atoms with Gasteiger partial charge >= 0.3 is 0 Å². The highest BCUT2D eigenvalue weighted by Crippen LogP contribution is 2.24. The minimum absolute atomic E-state index is 0.148. The lowest BCUT2D eigenvalue weighted by Gasteiger charge is -2.36. The van der Waals surface area contributed by atoms with E-state index < -0.39 is 12.0 Å². The normalized spacial score (nSPS) is 17.8. The third-order valence-corrected chi connectivity index (χ3v) is 6.39. The Labute approximate surface area is 209 Å². The van der Waals surface area contributed by atoms with Crippen molar-refractivity contribution in [2.45, 2.75) is 39.3 Å². The Bertz CT molecular complexity index is 1320. The number of piperidine rings is 1. The number of aryl methyl sites for hydroxylation is 2. The van der Waals surface area contributed by atoms with Crippen molar-refractivity contribution in [3.63, 3.8) is 0 Å². The van der Waals surface area contributed by atoms with Crippen LogP contribution >= 0.6 is 0 Å². The smallest absolute Gasteiger partial charge is 0.226 e. The van der Waals surface area contributed by atoms with Crippen molar-refractivity contribution in [1.29, 1.82) is 0 Å². The van der Waals surface area contributed by atoms with Crippen molar-refractivity contribution < 1.29 is 9.90 Å². The van der Waals surface area contributed by atoms with Gasteiger partial charge in [0.15, 0.2) is 5.82 Å². The maximum atomic E-state index is 12.8. The molecule has 1 aliphatic rings. The van der Waals surface area contributed by atoms with Crippen molar-refractivity contribution in [3.8, 4) is 5.82 Å². The Kier molecular flexibility index (Phi) is 6.77. The Morgan fingerprint density at radius 2 is 2.08 bits per heavy atom. The predicted octanol–water partition coefficient (Wildman–Crippen LogP) is 2.10. The van der Waals surface area contributed by atoms with Crippen LogP contribution in [0.3, 0.4) is 0 Å². The highest BCUT2D eigenvalue weighted by Gasteiger charge is 2.33. The van der Waals surface area contributed by atoms with Crippen LogP contribution in [0.1, 0.15) is 34.6 Å². The van der Waals surface area contributed by atoms with E-state index in [1.54, 1.807) is 17.1 Å². The van der Waals surface area contributed by atoms with Crippen molar-refractivity contribution in [2.75, 3.05) is 18.0 Å². The monoisotopic (exact) mass is 486 g/mol. The Hall–Kier alpha value is -4.05. The molecule has 4 aromatic rings. The topological polar surface area (TPSA) is 125 Å². The number of hydrogen-bond donors (Lipinski definition) is 3. The lowest BCUT2D eigenvalue weighted by molar-refractivity contribution is -0.129. The standard InChI is InChI=1S/C26H30N8O2/c1-17-10-20(13-21-12-18(2)31-32-21)30-25(11-17)33-9-6-22(23(35)16-33)26(36)28-15-19-4-5-24(27-14-19)34-8-3-7-29-34/h3-5,7-8,10-12,14,22-23,35H,6,9,13,15-16H2,1-2H3,(H,28,36)(H,31,32)/t22-,23+/m1/s1. The number of pyridine rings is 2. The van der Waals surface area contributed by atoms with Crippen molar-refractivity contribution in [2.24, 2.45) is 5.92 Å². The van der Waals surface area contributed by atoms with Crippen LogP contribution in [0.5, 0.6) is 0 Å². The van der Waals surface area contributed by atoms with Gasteiger partial charge < -0.3 is 15.3 Å². The average molecular weight is 487 g/mol. The molecule has 10 heteroatoms. The van der Waals surface area contributed by atoms with Gasteiger partial charge in [-0.15, -0.1) is 0 Å². The van der Waals surface area contributed by atoms with E-state index >= 15 is 0 Å². The Balaban J connectivity index is 1.17. The molecule has 36 heavy (non-hydrogen) atoms. The van der Waals surface area contributed by atoms with Gasteiger partial charge in [-0.05, 0) is 61.7 Å². The summed E-state index contributed by atoms with van der Waals surface area (Å²) in [4.78, 5) is 24.1. The van der Waals surface area contributed by atoms with Crippen LogP contribution in [0, 0.1) is 19.8 Å². The van der Waals surface area contributed by atoms with Crippen LogP contribution in [0.25, 0.3) is 5.82 Å². The summed E-state index contributed by atoms with van der Waals surface area (Å²) in [6.45, 7) is 5.37. The molecule has 0 aliphatic carbocycles. The first-order valence-electron chi connectivity index (χ1n) is 12.1. The predicted molar refractivity (Wildman–Crippen MR) is 135 cm³/mol. The summed E-state index contributed by atoms with van der Waals surface area (Å²) in [5.74, 6) is 0.919. The first-order chi connectivity index (χ1) is 17.4. The molecule has 1 saturated heterocycles. The molecular weight excluding hydrogens is 456 g/mol. The molecule has 1 fully saturated rings. The number of carbonyl (C=O) groups is 1. The van der Waals surface area contributed by atoms with Crippen LogP contribution in [0.4, 0.5) is 5.82 Å². The SMILES string of the molecule is Cc1cc(Cc2cc(C)[nH]n2)nc(N2CC[C@@H](C(=O)NCc3ccc(-n4cccn4)nc3)[C@@H](O)C2)c1. The fourth-order valence-electron chi connectivity index (χ4n) is 4.55. The van der Waals surface area contributed by atoms with E-state index in [1.807, 2.05) is 50.4 Å². The summed E-state index contributed by atoms with van der Waals surface area (Å²) in [7, 11) is 0. The quantitative estimate of drug-likeness (QED) is 0.365. The van der Waals surface area contributed by atoms with Crippen molar-refractivity contribution >= 4 is 11.7 Å². The first kappa shape index (κ1) is 23.7. The van der Waals surface area contributed by atoms with Gasteiger partial charge in [0.05, 0.1) is 17.7 Å². The molecule has 2 atom stereocenters. The van der Waals surface area contributed by atoms with Crippen LogP contribution in [0.15, 0.2) is 55.0 Å². The fraction of sp³-hybridized carbons (Fsp3) is 0.346. The van der Waals surface area contributed by atoms with E-state index in [9.17, 15) is 9.90 Å². The molecule has 0 unspecified atom stereocenters. The Morgan fingerprint density at radius 1 is 1.19 bits per heavy atom. The zero-order chi connectivity index (χ0) is 25.1. The lowest BCUT2D eigenvalue weighted by atomic mass is 9.92. The number of aromatic amines is 1. The zero-order valence-corrected chi connectivity index (χ0v) is 20.4. The third kappa shape index (κ3) is 5.44. The summed E-state index contributed by atoms with van der Waals surface area (Å²) in [5.41, 5.74) is 4.87. The number of nitrogens with zero attached hydrogens (tertiary/aromatic N) is 6. The summed E-state index contributed by atoms with van der Waals surface area (Å²) < 4.78 is 1.68. The van der Waals surface area contributed by atoms with Gasteiger partial charge in [-0.1, -0.05) is 6.07 Å². The Morgan fingerprint density at radius 3 is 2.78 bits per heavy atom. The second-order valence-corrected chi connectivity index (χ2v) is 9.31. The molecule has 0 bridgehead atoms. The average Bonchev–Trinajstić information content (AvgIpc) is 3.54. The molecule has 5 heterocycles. The molecule has 0 spiro atoms. The summed E-state index contributed by atoms with van der Waals surface area (Å²) in [6.07, 6.45) is 5.65. The minimum Gasteiger partial charge on any atom is -0.390 e. The van der Waals surface area contributed by atoms with Gasteiger partial charge in [-0.25, -0.2) is 14.6 Å². The lowest BCUT2D eigenvalue weighted by Crippen LogP contribution is -2.49. The molecule has 186 valence electrons. The van der Waals surface area contributed by atoms with E-state index in [0.717, 1.165) is 34.0 Å². The van der Waals surface area contributed by atoms with Crippen LogP contribution < -0.4 is 10.2 Å². The van der Waals surface area contributed by atoms with E-state index in [0.29, 0.717) is 38.3 Å². The molecular formula is C26H30N8O2. The molecule has 0 aromatic carbocycles. The minimum atomic E-state index is -0.779. The molecule has 5 rings (SSSR count). The van der Waals surface area contributed by atoms with Gasteiger partial charge in [0.25, 0.3) is 0 Å². The number of aliphatic hydroxyl groups excluding tert-OH is 1. The van der Waals surface area contributed by atoms with Crippen LogP contribution in [-0.4, -0.2) is 60.2 Å². The summed E-state index contributed by atoms with van der Waals surface area (Å²) >= 11 is 0. The number of hydrogen-bond acceptors (Lipinski definition) is 7. The number of amides is 1. The van der Waals surface area contributed by atoms with Crippen molar-refractivity contribution in [3.05, 3.63) is 83.2 Å². The van der Waals surface area contributed by atoms with Gasteiger partial charge in [0.2, 0.25) is 5.91 Å². The van der Waals surface area contributed by atoms with E-state index in [4.69, 9.17) is 4.98 Å². The molecule has 1 amide bonds.